The first-order valence-corrected chi connectivity index (χ1v) is 12.5. The Hall–Kier alpha value is -3.00. The fourth-order valence-electron chi connectivity index (χ4n) is 4.02. The van der Waals surface area contributed by atoms with Crippen molar-refractivity contribution >= 4 is 50.7 Å². The first-order valence-electron chi connectivity index (χ1n) is 10.5. The van der Waals surface area contributed by atoms with Crippen molar-refractivity contribution in [2.24, 2.45) is 4.99 Å². The van der Waals surface area contributed by atoms with E-state index < -0.39 is 6.04 Å². The Morgan fingerprint density at radius 2 is 1.82 bits per heavy atom. The topological polar surface area (TPSA) is 64.6 Å². The molecule has 1 aliphatic heterocycles. The van der Waals surface area contributed by atoms with Gasteiger partial charge >= 0.3 is 0 Å². The molecular formula is C26H18BrClN2O3S. The van der Waals surface area contributed by atoms with Gasteiger partial charge in [0.15, 0.2) is 10.6 Å². The lowest BCUT2D eigenvalue weighted by atomic mass is 9.98. The highest BCUT2D eigenvalue weighted by molar-refractivity contribution is 9.10. The average molecular weight is 554 g/mol. The molecule has 2 aromatic carbocycles. The highest BCUT2D eigenvalue weighted by Gasteiger charge is 2.33. The van der Waals surface area contributed by atoms with Gasteiger partial charge in [-0.25, -0.2) is 4.99 Å². The number of ketones is 1. The number of halogens is 2. The van der Waals surface area contributed by atoms with Crippen LogP contribution in [0.3, 0.4) is 0 Å². The Kier molecular flexibility index (Phi) is 6.02. The number of hydrogen-bond acceptors (Lipinski definition) is 5. The summed E-state index contributed by atoms with van der Waals surface area (Å²) in [5.74, 6) is 1.01. The third-order valence-electron chi connectivity index (χ3n) is 5.59. The number of hydrogen-bond donors (Lipinski definition) is 0. The van der Waals surface area contributed by atoms with Gasteiger partial charge in [-0.3, -0.25) is 14.2 Å². The Bertz CT molecular complexity index is 1630. The third kappa shape index (κ3) is 4.15. The number of aromatic nitrogens is 1. The summed E-state index contributed by atoms with van der Waals surface area (Å²) in [5.41, 5.74) is 2.55. The Morgan fingerprint density at radius 1 is 1.12 bits per heavy atom. The van der Waals surface area contributed by atoms with Gasteiger partial charge in [0.25, 0.3) is 5.56 Å². The van der Waals surface area contributed by atoms with Crippen LogP contribution in [0.1, 0.15) is 31.2 Å². The van der Waals surface area contributed by atoms with Crippen LogP contribution in [0.25, 0.3) is 17.4 Å². The molecule has 3 heterocycles. The lowest BCUT2D eigenvalue weighted by Gasteiger charge is -2.22. The molecule has 0 bridgehead atoms. The maximum absolute atomic E-state index is 13.5. The second-order valence-electron chi connectivity index (χ2n) is 7.90. The maximum atomic E-state index is 13.5. The first-order chi connectivity index (χ1) is 16.3. The zero-order valence-electron chi connectivity index (χ0n) is 18.2. The molecule has 5 nitrogen and oxygen atoms in total. The molecule has 8 heteroatoms. The van der Waals surface area contributed by atoms with Crippen LogP contribution in [0.2, 0.25) is 5.02 Å². The minimum Gasteiger partial charge on any atom is -0.458 e. The number of Topliss-reactive ketones (excluding diaryl/α,β-unsaturated/α-hetero) is 1. The number of benzene rings is 2. The number of allylic oxidation sites excluding steroid dienone is 2. The summed E-state index contributed by atoms with van der Waals surface area (Å²) in [6.07, 6.45) is 1.80. The minimum atomic E-state index is -0.690. The van der Waals surface area contributed by atoms with E-state index in [0.717, 1.165) is 15.6 Å². The molecule has 1 atom stereocenters. The Balaban J connectivity index is 1.68. The molecule has 34 heavy (non-hydrogen) atoms. The van der Waals surface area contributed by atoms with Gasteiger partial charge in [-0.1, -0.05) is 63.1 Å². The van der Waals surface area contributed by atoms with Gasteiger partial charge < -0.3 is 4.42 Å². The van der Waals surface area contributed by atoms with E-state index in [9.17, 15) is 9.59 Å². The summed E-state index contributed by atoms with van der Waals surface area (Å²) in [4.78, 5) is 31.3. The van der Waals surface area contributed by atoms with Gasteiger partial charge in [-0.2, -0.15) is 0 Å². The molecule has 5 rings (SSSR count). The highest BCUT2D eigenvalue weighted by Crippen LogP contribution is 2.34. The van der Waals surface area contributed by atoms with Gasteiger partial charge in [-0.15, -0.1) is 0 Å². The largest absolute Gasteiger partial charge is 0.458 e. The van der Waals surface area contributed by atoms with Gasteiger partial charge in [0.2, 0.25) is 0 Å². The molecule has 2 aromatic heterocycles. The van der Waals surface area contributed by atoms with E-state index in [0.29, 0.717) is 37.1 Å². The molecule has 0 N–H and O–H groups in total. The van der Waals surface area contributed by atoms with Crippen molar-refractivity contribution in [1.29, 1.82) is 0 Å². The van der Waals surface area contributed by atoms with Crippen molar-refractivity contribution in [2.75, 3.05) is 0 Å². The Labute approximate surface area is 212 Å². The Morgan fingerprint density at radius 3 is 2.50 bits per heavy atom. The van der Waals surface area contributed by atoms with Crippen molar-refractivity contribution in [1.82, 2.24) is 4.57 Å². The van der Waals surface area contributed by atoms with Crippen LogP contribution in [-0.2, 0) is 4.79 Å². The summed E-state index contributed by atoms with van der Waals surface area (Å²) in [7, 11) is 0. The van der Waals surface area contributed by atoms with Crippen LogP contribution in [-0.4, -0.2) is 10.4 Å². The second kappa shape index (κ2) is 8.98. The number of carbonyl (C=O) groups is 1. The predicted molar refractivity (Wildman–Crippen MR) is 138 cm³/mol. The number of fused-ring (bicyclic) bond motifs is 1. The predicted octanol–water partition coefficient (Wildman–Crippen LogP) is 5.50. The summed E-state index contributed by atoms with van der Waals surface area (Å²) < 4.78 is 9.25. The van der Waals surface area contributed by atoms with Crippen molar-refractivity contribution in [3.8, 4) is 11.3 Å². The van der Waals surface area contributed by atoms with Crippen LogP contribution < -0.4 is 14.9 Å². The van der Waals surface area contributed by atoms with Gasteiger partial charge in [0.1, 0.15) is 17.6 Å². The van der Waals surface area contributed by atoms with E-state index in [2.05, 4.69) is 20.9 Å². The maximum Gasteiger partial charge on any atom is 0.271 e. The van der Waals surface area contributed by atoms with Gasteiger partial charge in [-0.05, 0) is 61.9 Å². The van der Waals surface area contributed by atoms with Crippen molar-refractivity contribution < 1.29 is 9.21 Å². The fraction of sp³-hybridized carbons (Fsp3) is 0.115. The summed E-state index contributed by atoms with van der Waals surface area (Å²) in [6, 6.07) is 18.0. The highest BCUT2D eigenvalue weighted by atomic mass is 79.9. The van der Waals surface area contributed by atoms with Gasteiger partial charge in [0, 0.05) is 26.3 Å². The van der Waals surface area contributed by atoms with E-state index in [1.807, 2.05) is 48.5 Å². The number of rotatable bonds is 4. The molecule has 0 aliphatic carbocycles. The second-order valence-corrected chi connectivity index (χ2v) is 10.3. The smallest absolute Gasteiger partial charge is 0.271 e. The molecule has 0 amide bonds. The average Bonchev–Trinajstić information content (AvgIpc) is 3.40. The van der Waals surface area contributed by atoms with Crippen LogP contribution in [0, 0.1) is 0 Å². The lowest BCUT2D eigenvalue weighted by Crippen LogP contribution is -2.39. The molecule has 4 aromatic rings. The molecule has 0 unspecified atom stereocenters. The quantitative estimate of drug-likeness (QED) is 0.335. The summed E-state index contributed by atoms with van der Waals surface area (Å²) in [5, 5.41) is 0.625. The van der Waals surface area contributed by atoms with E-state index in [4.69, 9.17) is 16.0 Å². The number of carbonyl (C=O) groups excluding carboxylic acids is 1. The standard InChI is InChI=1S/C26H18BrClN2O3S/c1-14-23(15(2)31)24(21-12-11-20(33-21)17-5-7-18(27)8-6-17)30-25(32)22(34-26(30)29-14)13-16-3-9-19(28)10-4-16/h3-13,24H,1-2H3/b22-13+/t24-/m0/s1. The summed E-state index contributed by atoms with van der Waals surface area (Å²) >= 11 is 10.7. The fourth-order valence-corrected chi connectivity index (χ4v) is 5.46. The van der Waals surface area contributed by atoms with Crippen LogP contribution >= 0.6 is 38.9 Å². The van der Waals surface area contributed by atoms with E-state index in [-0.39, 0.29) is 11.3 Å². The third-order valence-corrected chi connectivity index (χ3v) is 7.36. The molecule has 0 fully saturated rings. The van der Waals surface area contributed by atoms with E-state index in [1.54, 1.807) is 29.7 Å². The van der Waals surface area contributed by atoms with Gasteiger partial charge in [0.05, 0.1) is 4.53 Å². The number of furan rings is 1. The monoisotopic (exact) mass is 552 g/mol. The normalized spacial score (nSPS) is 15.9. The van der Waals surface area contributed by atoms with Crippen molar-refractivity contribution in [2.45, 2.75) is 19.9 Å². The molecule has 0 saturated heterocycles. The van der Waals surface area contributed by atoms with Crippen molar-refractivity contribution in [3.05, 3.63) is 112 Å². The zero-order valence-corrected chi connectivity index (χ0v) is 21.4. The van der Waals surface area contributed by atoms with E-state index in [1.165, 1.54) is 18.3 Å². The molecule has 0 saturated carbocycles. The zero-order chi connectivity index (χ0) is 24.0. The molecule has 1 aliphatic rings. The minimum absolute atomic E-state index is 0.153. The molecule has 0 spiro atoms. The first kappa shape index (κ1) is 22.8. The molecular weight excluding hydrogens is 536 g/mol. The van der Waals surface area contributed by atoms with Crippen molar-refractivity contribution in [3.63, 3.8) is 0 Å². The van der Waals surface area contributed by atoms with Crippen LogP contribution in [0.15, 0.2) is 90.6 Å². The number of nitrogens with zero attached hydrogens (tertiary/aromatic N) is 2. The van der Waals surface area contributed by atoms with Crippen LogP contribution in [0.5, 0.6) is 0 Å². The van der Waals surface area contributed by atoms with E-state index >= 15 is 0 Å². The molecule has 170 valence electrons. The number of thiazole rings is 1. The summed E-state index contributed by atoms with van der Waals surface area (Å²) in [6.45, 7) is 3.28. The lowest BCUT2D eigenvalue weighted by molar-refractivity contribution is -0.114. The molecule has 0 radical (unpaired) electrons. The SMILES string of the molecule is CC(=O)C1=C(C)N=c2s/c(=C/c3ccc(Cl)cc3)c(=O)n2[C@H]1c1ccc(-c2ccc(Br)cc2)o1. The van der Waals surface area contributed by atoms with Crippen LogP contribution in [0.4, 0.5) is 0 Å².